The molecule has 1 aliphatic carbocycles. The summed E-state index contributed by atoms with van der Waals surface area (Å²) in [5.74, 6) is 0.145. The molecule has 1 aromatic heterocycles. The molecule has 1 aliphatic rings. The summed E-state index contributed by atoms with van der Waals surface area (Å²) in [7, 11) is 0. The molecule has 2 aromatic rings. The Kier molecular flexibility index (Phi) is 3.85. The summed E-state index contributed by atoms with van der Waals surface area (Å²) in [6.45, 7) is 1.96. The lowest BCUT2D eigenvalue weighted by Crippen LogP contribution is -2.23. The summed E-state index contributed by atoms with van der Waals surface area (Å²) < 4.78 is 0. The van der Waals surface area contributed by atoms with E-state index in [1.54, 1.807) is 0 Å². The second kappa shape index (κ2) is 5.81. The number of H-pyrrole nitrogens is 1. The molecule has 0 aliphatic heterocycles. The van der Waals surface area contributed by atoms with Crippen LogP contribution in [0.15, 0.2) is 34.5 Å². The molecule has 5 N–H and O–H groups in total. The van der Waals surface area contributed by atoms with Gasteiger partial charge in [-0.3, -0.25) is 5.10 Å². The Labute approximate surface area is 133 Å². The number of hydrogen-bond acceptors (Lipinski definition) is 3. The molecule has 114 valence electrons. The van der Waals surface area contributed by atoms with E-state index in [0.717, 1.165) is 39.7 Å². The van der Waals surface area contributed by atoms with E-state index in [1.807, 2.05) is 31.2 Å². The summed E-state index contributed by atoms with van der Waals surface area (Å²) in [5.41, 5.74) is 15.6. The molecule has 7 heteroatoms. The van der Waals surface area contributed by atoms with Crippen LogP contribution in [-0.2, 0) is 6.42 Å². The molecule has 1 atom stereocenters. The zero-order valence-corrected chi connectivity index (χ0v) is 12.9. The van der Waals surface area contributed by atoms with Gasteiger partial charge >= 0.3 is 0 Å². The van der Waals surface area contributed by atoms with Crippen LogP contribution in [0.1, 0.15) is 34.9 Å². The summed E-state index contributed by atoms with van der Waals surface area (Å²) >= 11 is 6.33. The fourth-order valence-corrected chi connectivity index (χ4v) is 3.18. The molecule has 0 saturated heterocycles. The second-order valence-corrected chi connectivity index (χ2v) is 5.78. The van der Waals surface area contributed by atoms with Gasteiger partial charge in [-0.25, -0.2) is 0 Å². The van der Waals surface area contributed by atoms with Crippen LogP contribution in [0.25, 0.3) is 0 Å². The van der Waals surface area contributed by atoms with Crippen molar-refractivity contribution in [1.29, 1.82) is 0 Å². The van der Waals surface area contributed by atoms with Crippen molar-refractivity contribution in [2.24, 2.45) is 21.7 Å². The van der Waals surface area contributed by atoms with E-state index in [9.17, 15) is 0 Å². The van der Waals surface area contributed by atoms with Crippen molar-refractivity contribution < 1.29 is 0 Å². The number of nitrogens with one attached hydrogen (secondary N) is 1. The molecular formula is C15H17ClN6. The topological polar surface area (TPSA) is 105 Å². The molecule has 0 amide bonds. The summed E-state index contributed by atoms with van der Waals surface area (Å²) in [6, 6.07) is 7.84. The van der Waals surface area contributed by atoms with Gasteiger partial charge < -0.3 is 11.5 Å². The molecule has 0 radical (unpaired) electrons. The number of aromatic nitrogens is 2. The molecular weight excluding hydrogens is 300 g/mol. The molecule has 0 fully saturated rings. The average molecular weight is 317 g/mol. The third kappa shape index (κ3) is 2.69. The molecule has 0 spiro atoms. The smallest absolute Gasteiger partial charge is 0.211 e. The Hall–Kier alpha value is -2.34. The largest absolute Gasteiger partial charge is 0.369 e. The van der Waals surface area contributed by atoms with Gasteiger partial charge in [0.25, 0.3) is 0 Å². The van der Waals surface area contributed by atoms with Crippen LogP contribution in [0.3, 0.4) is 0 Å². The third-order valence-corrected chi connectivity index (χ3v) is 4.17. The van der Waals surface area contributed by atoms with E-state index in [2.05, 4.69) is 20.4 Å². The molecule has 1 heterocycles. The van der Waals surface area contributed by atoms with Gasteiger partial charge in [0.05, 0.1) is 11.4 Å². The van der Waals surface area contributed by atoms with E-state index in [1.165, 1.54) is 0 Å². The van der Waals surface area contributed by atoms with Gasteiger partial charge in [-0.05, 0) is 37.3 Å². The molecule has 3 rings (SSSR count). The normalized spacial score (nSPS) is 19.0. The van der Waals surface area contributed by atoms with Gasteiger partial charge in [-0.2, -0.15) is 10.2 Å². The second-order valence-electron chi connectivity index (χ2n) is 5.37. The van der Waals surface area contributed by atoms with Crippen molar-refractivity contribution in [3.05, 3.63) is 51.8 Å². The van der Waals surface area contributed by atoms with Crippen LogP contribution in [0, 0.1) is 6.92 Å². The number of benzene rings is 1. The third-order valence-electron chi connectivity index (χ3n) is 3.82. The van der Waals surface area contributed by atoms with Crippen molar-refractivity contribution in [2.75, 3.05) is 0 Å². The SMILES string of the molecule is Cc1[nH]nc2c1/C(=N/N=C(N)N)CC(c1ccccc1Cl)C2. The van der Waals surface area contributed by atoms with Crippen molar-refractivity contribution in [3.8, 4) is 0 Å². The van der Waals surface area contributed by atoms with Crippen LogP contribution in [-0.4, -0.2) is 21.9 Å². The van der Waals surface area contributed by atoms with Gasteiger partial charge in [-0.15, -0.1) is 5.10 Å². The molecule has 0 bridgehead atoms. The number of guanidine groups is 1. The number of aromatic amines is 1. The Morgan fingerprint density at radius 3 is 2.82 bits per heavy atom. The van der Waals surface area contributed by atoms with Crippen LogP contribution in [0.4, 0.5) is 0 Å². The van der Waals surface area contributed by atoms with Gasteiger partial charge in [0.2, 0.25) is 5.96 Å². The lowest BCUT2D eigenvalue weighted by molar-refractivity contribution is 0.679. The number of halogens is 1. The highest BCUT2D eigenvalue weighted by molar-refractivity contribution is 6.31. The summed E-state index contributed by atoms with van der Waals surface area (Å²) in [5, 5.41) is 16.2. The zero-order chi connectivity index (χ0) is 15.7. The van der Waals surface area contributed by atoms with E-state index in [4.69, 9.17) is 23.1 Å². The van der Waals surface area contributed by atoms with Gasteiger partial charge in [0, 0.05) is 16.3 Å². The highest BCUT2D eigenvalue weighted by atomic mass is 35.5. The minimum absolute atomic E-state index is 0.0601. The Bertz CT molecular complexity index is 757. The lowest BCUT2D eigenvalue weighted by Gasteiger charge is -2.23. The van der Waals surface area contributed by atoms with Crippen LogP contribution in [0.5, 0.6) is 0 Å². The Balaban J connectivity index is 2.04. The van der Waals surface area contributed by atoms with Crippen LogP contribution >= 0.6 is 11.6 Å². The number of rotatable bonds is 2. The maximum Gasteiger partial charge on any atom is 0.211 e. The summed E-state index contributed by atoms with van der Waals surface area (Å²) in [4.78, 5) is 0. The molecule has 6 nitrogen and oxygen atoms in total. The highest BCUT2D eigenvalue weighted by Gasteiger charge is 2.29. The van der Waals surface area contributed by atoms with Crippen LogP contribution < -0.4 is 11.5 Å². The summed E-state index contributed by atoms with van der Waals surface area (Å²) in [6.07, 6.45) is 1.53. The average Bonchev–Trinajstić information content (AvgIpc) is 2.87. The van der Waals surface area contributed by atoms with Crippen LogP contribution in [0.2, 0.25) is 5.02 Å². The van der Waals surface area contributed by atoms with Gasteiger partial charge in [0.15, 0.2) is 0 Å². The van der Waals surface area contributed by atoms with Crippen molar-refractivity contribution in [3.63, 3.8) is 0 Å². The predicted molar refractivity (Wildman–Crippen MR) is 88.2 cm³/mol. The Morgan fingerprint density at radius 2 is 2.09 bits per heavy atom. The number of fused-ring (bicyclic) bond motifs is 1. The first-order valence-corrected chi connectivity index (χ1v) is 7.38. The minimum atomic E-state index is -0.0601. The van der Waals surface area contributed by atoms with Crippen molar-refractivity contribution in [2.45, 2.75) is 25.7 Å². The quantitative estimate of drug-likeness (QED) is 0.448. The molecule has 1 aromatic carbocycles. The number of hydrogen-bond donors (Lipinski definition) is 3. The van der Waals surface area contributed by atoms with Gasteiger partial charge in [0.1, 0.15) is 0 Å². The maximum atomic E-state index is 6.33. The van der Waals surface area contributed by atoms with E-state index in [-0.39, 0.29) is 11.9 Å². The van der Waals surface area contributed by atoms with Gasteiger partial charge in [-0.1, -0.05) is 29.8 Å². The fourth-order valence-electron chi connectivity index (χ4n) is 2.89. The van der Waals surface area contributed by atoms with Crippen molar-refractivity contribution >= 4 is 23.3 Å². The van der Waals surface area contributed by atoms with E-state index in [0.29, 0.717) is 6.42 Å². The standard InChI is InChI=1S/C15H17ClN6/c1-8-14-12(20-19-8)6-9(7-13(14)21-22-15(17)18)10-4-2-3-5-11(10)16/h2-5,9H,6-7H2,1H3,(H,19,20)(H4,17,18,22)/b21-13+. The fraction of sp³-hybridized carbons (Fsp3) is 0.267. The first kappa shape index (κ1) is 14.6. The number of nitrogens with zero attached hydrogens (tertiary/aromatic N) is 3. The maximum absolute atomic E-state index is 6.33. The monoisotopic (exact) mass is 316 g/mol. The van der Waals surface area contributed by atoms with E-state index >= 15 is 0 Å². The molecule has 0 saturated carbocycles. The number of nitrogens with two attached hydrogens (primary N) is 2. The molecule has 22 heavy (non-hydrogen) atoms. The first-order chi connectivity index (χ1) is 10.6. The highest BCUT2D eigenvalue weighted by Crippen LogP contribution is 2.36. The lowest BCUT2D eigenvalue weighted by atomic mass is 9.81. The van der Waals surface area contributed by atoms with E-state index < -0.39 is 0 Å². The first-order valence-electron chi connectivity index (χ1n) is 7.00. The number of aryl methyl sites for hydroxylation is 1. The van der Waals surface area contributed by atoms with Crippen molar-refractivity contribution in [1.82, 2.24) is 10.2 Å². The molecule has 1 unspecified atom stereocenters. The Morgan fingerprint density at radius 1 is 1.32 bits per heavy atom. The zero-order valence-electron chi connectivity index (χ0n) is 12.2. The minimum Gasteiger partial charge on any atom is -0.369 e. The predicted octanol–water partition coefficient (Wildman–Crippen LogP) is 2.08.